The Bertz CT molecular complexity index is 646. The number of carbonyl (C=O) groups is 1. The highest BCUT2D eigenvalue weighted by atomic mass is 16.2. The molecule has 0 spiro atoms. The van der Waals surface area contributed by atoms with E-state index in [0.717, 1.165) is 35.1 Å². The van der Waals surface area contributed by atoms with Crippen molar-refractivity contribution in [3.63, 3.8) is 0 Å². The number of fused-ring (bicyclic) bond motifs is 1. The number of hydrogen-bond acceptors (Lipinski definition) is 2. The van der Waals surface area contributed by atoms with E-state index in [0.29, 0.717) is 5.92 Å². The molecule has 3 nitrogen and oxygen atoms in total. The molecule has 0 aliphatic heterocycles. The lowest BCUT2D eigenvalue weighted by Crippen LogP contribution is -2.33. The van der Waals surface area contributed by atoms with Gasteiger partial charge in [-0.05, 0) is 56.4 Å². The summed E-state index contributed by atoms with van der Waals surface area (Å²) in [6.45, 7) is 5.72. The lowest BCUT2D eigenvalue weighted by molar-refractivity contribution is 0.0758. The van der Waals surface area contributed by atoms with Crippen LogP contribution in [-0.2, 0) is 0 Å². The Morgan fingerprint density at radius 1 is 1.40 bits per heavy atom. The van der Waals surface area contributed by atoms with Gasteiger partial charge in [-0.2, -0.15) is 0 Å². The molecule has 1 aliphatic carbocycles. The molecule has 3 heteroatoms. The van der Waals surface area contributed by atoms with Crippen LogP contribution in [0.5, 0.6) is 0 Å². The fraction of sp³-hybridized carbons (Fsp3) is 0.412. The first-order valence-corrected chi connectivity index (χ1v) is 7.33. The Morgan fingerprint density at radius 3 is 2.90 bits per heavy atom. The molecular weight excluding hydrogens is 248 g/mol. The van der Waals surface area contributed by atoms with E-state index in [1.54, 1.807) is 6.20 Å². The summed E-state index contributed by atoms with van der Waals surface area (Å²) in [7, 11) is 0. The molecule has 1 aliphatic rings. The van der Waals surface area contributed by atoms with Crippen LogP contribution in [0.25, 0.3) is 10.9 Å². The van der Waals surface area contributed by atoms with Crippen LogP contribution in [0.3, 0.4) is 0 Å². The van der Waals surface area contributed by atoms with Gasteiger partial charge < -0.3 is 4.90 Å². The highest BCUT2D eigenvalue weighted by molar-refractivity contribution is 6.05. The Labute approximate surface area is 119 Å². The topological polar surface area (TPSA) is 33.2 Å². The summed E-state index contributed by atoms with van der Waals surface area (Å²) in [5.74, 6) is 0.828. The summed E-state index contributed by atoms with van der Waals surface area (Å²) in [6, 6.07) is 7.98. The number of pyridine rings is 1. The predicted molar refractivity (Wildman–Crippen MR) is 80.8 cm³/mol. The molecule has 1 aromatic heterocycles. The number of aryl methyl sites for hydroxylation is 1. The highest BCUT2D eigenvalue weighted by Gasteiger charge is 2.27. The number of hydrogen-bond donors (Lipinski definition) is 0. The van der Waals surface area contributed by atoms with Gasteiger partial charge in [-0.15, -0.1) is 0 Å². The van der Waals surface area contributed by atoms with Crippen LogP contribution < -0.4 is 0 Å². The van der Waals surface area contributed by atoms with Crippen molar-refractivity contribution < 1.29 is 4.79 Å². The largest absolute Gasteiger partial charge is 0.339 e. The summed E-state index contributed by atoms with van der Waals surface area (Å²) < 4.78 is 0. The van der Waals surface area contributed by atoms with Crippen LogP contribution in [0.2, 0.25) is 0 Å². The lowest BCUT2D eigenvalue weighted by atomic mass is 10.0. The molecule has 1 heterocycles. The van der Waals surface area contributed by atoms with E-state index in [-0.39, 0.29) is 5.91 Å². The van der Waals surface area contributed by atoms with E-state index < -0.39 is 0 Å². The van der Waals surface area contributed by atoms with Crippen molar-refractivity contribution >= 4 is 16.8 Å². The molecule has 0 saturated heterocycles. The Morgan fingerprint density at radius 2 is 2.20 bits per heavy atom. The molecule has 0 radical (unpaired) electrons. The zero-order valence-electron chi connectivity index (χ0n) is 12.1. The number of nitrogens with zero attached hydrogens (tertiary/aromatic N) is 2. The minimum atomic E-state index is 0.117. The van der Waals surface area contributed by atoms with Crippen LogP contribution in [0.1, 0.15) is 35.7 Å². The minimum absolute atomic E-state index is 0.117. The molecule has 3 rings (SSSR count). The van der Waals surface area contributed by atoms with Gasteiger partial charge >= 0.3 is 0 Å². The van der Waals surface area contributed by atoms with Gasteiger partial charge in [-0.3, -0.25) is 9.78 Å². The maximum atomic E-state index is 12.8. The number of benzene rings is 1. The van der Waals surface area contributed by atoms with Crippen molar-refractivity contribution in [2.75, 3.05) is 13.1 Å². The number of amides is 1. The van der Waals surface area contributed by atoms with Gasteiger partial charge in [0.05, 0.1) is 11.1 Å². The fourth-order valence-corrected chi connectivity index (χ4v) is 2.64. The summed E-state index contributed by atoms with van der Waals surface area (Å²) in [4.78, 5) is 19.2. The van der Waals surface area contributed by atoms with Gasteiger partial charge in [0.1, 0.15) is 0 Å². The Balaban J connectivity index is 2.00. The third-order valence-corrected chi connectivity index (χ3v) is 3.92. The van der Waals surface area contributed by atoms with Crippen molar-refractivity contribution in [3.05, 3.63) is 41.6 Å². The maximum absolute atomic E-state index is 12.8. The first kappa shape index (κ1) is 13.1. The van der Waals surface area contributed by atoms with Crippen LogP contribution >= 0.6 is 0 Å². The summed E-state index contributed by atoms with van der Waals surface area (Å²) in [5, 5.41) is 1.04. The second-order valence-corrected chi connectivity index (χ2v) is 5.67. The average Bonchev–Trinajstić information content (AvgIpc) is 3.27. The Kier molecular flexibility index (Phi) is 3.43. The van der Waals surface area contributed by atoms with E-state index >= 15 is 0 Å². The predicted octanol–water partition coefficient (Wildman–Crippen LogP) is 3.42. The molecule has 0 N–H and O–H groups in total. The molecule has 1 saturated carbocycles. The van der Waals surface area contributed by atoms with Crippen molar-refractivity contribution in [2.24, 2.45) is 5.92 Å². The molecule has 1 aromatic carbocycles. The molecule has 0 bridgehead atoms. The number of aromatic nitrogens is 1. The minimum Gasteiger partial charge on any atom is -0.339 e. The van der Waals surface area contributed by atoms with Gasteiger partial charge in [0.25, 0.3) is 5.91 Å². The Hall–Kier alpha value is -1.90. The average molecular weight is 268 g/mol. The normalized spacial score (nSPS) is 14.5. The first-order chi connectivity index (χ1) is 9.69. The third-order valence-electron chi connectivity index (χ3n) is 3.92. The van der Waals surface area contributed by atoms with E-state index in [2.05, 4.69) is 11.1 Å². The van der Waals surface area contributed by atoms with Crippen molar-refractivity contribution in [2.45, 2.75) is 26.7 Å². The number of carbonyl (C=O) groups excluding carboxylic acids is 1. The van der Waals surface area contributed by atoms with Crippen LogP contribution in [0.15, 0.2) is 30.5 Å². The quantitative estimate of drug-likeness (QED) is 0.851. The first-order valence-electron chi connectivity index (χ1n) is 7.33. The van der Waals surface area contributed by atoms with Gasteiger partial charge in [0, 0.05) is 24.7 Å². The van der Waals surface area contributed by atoms with Gasteiger partial charge in [0.2, 0.25) is 0 Å². The van der Waals surface area contributed by atoms with E-state index in [9.17, 15) is 4.79 Å². The molecule has 1 fully saturated rings. The monoisotopic (exact) mass is 268 g/mol. The van der Waals surface area contributed by atoms with E-state index in [4.69, 9.17) is 0 Å². The fourth-order valence-electron chi connectivity index (χ4n) is 2.64. The molecule has 104 valence electrons. The van der Waals surface area contributed by atoms with Gasteiger partial charge in [-0.25, -0.2) is 0 Å². The summed E-state index contributed by atoms with van der Waals surface area (Å²) in [6.07, 6.45) is 4.28. The molecule has 0 unspecified atom stereocenters. The van der Waals surface area contributed by atoms with Crippen molar-refractivity contribution in [1.29, 1.82) is 0 Å². The van der Waals surface area contributed by atoms with Crippen molar-refractivity contribution in [1.82, 2.24) is 9.88 Å². The molecular formula is C17H20N2O. The second kappa shape index (κ2) is 5.23. The lowest BCUT2D eigenvalue weighted by Gasteiger charge is -2.21. The number of rotatable bonds is 4. The van der Waals surface area contributed by atoms with Crippen LogP contribution in [-0.4, -0.2) is 28.9 Å². The molecule has 0 atom stereocenters. The smallest absolute Gasteiger partial charge is 0.256 e. The van der Waals surface area contributed by atoms with Crippen LogP contribution in [0.4, 0.5) is 0 Å². The van der Waals surface area contributed by atoms with Crippen LogP contribution in [0, 0.1) is 12.8 Å². The van der Waals surface area contributed by atoms with Crippen molar-refractivity contribution in [3.8, 4) is 0 Å². The molecule has 2 aromatic rings. The van der Waals surface area contributed by atoms with Gasteiger partial charge in [-0.1, -0.05) is 6.07 Å². The van der Waals surface area contributed by atoms with Gasteiger partial charge in [0.15, 0.2) is 0 Å². The molecule has 1 amide bonds. The maximum Gasteiger partial charge on any atom is 0.256 e. The standard InChI is InChI=1S/C17H20N2O/c1-3-19(11-13-6-7-13)17(20)15-10-12(2)9-14-5-4-8-18-16(14)15/h4-5,8-10,13H,3,6-7,11H2,1-2H3. The zero-order valence-corrected chi connectivity index (χ0v) is 12.1. The summed E-state index contributed by atoms with van der Waals surface area (Å²) >= 11 is 0. The highest BCUT2D eigenvalue weighted by Crippen LogP contribution is 2.30. The molecule has 20 heavy (non-hydrogen) atoms. The van der Waals surface area contributed by atoms with E-state index in [1.807, 2.05) is 36.9 Å². The van der Waals surface area contributed by atoms with E-state index in [1.165, 1.54) is 12.8 Å². The SMILES string of the molecule is CCN(CC1CC1)C(=O)c1cc(C)cc2cccnc12. The third kappa shape index (κ3) is 2.53. The second-order valence-electron chi connectivity index (χ2n) is 5.67. The summed E-state index contributed by atoms with van der Waals surface area (Å²) in [5.41, 5.74) is 2.66. The zero-order chi connectivity index (χ0) is 14.1.